The van der Waals surface area contributed by atoms with Crippen molar-refractivity contribution in [3.8, 4) is 5.75 Å². The van der Waals surface area contributed by atoms with Crippen LogP contribution in [-0.4, -0.2) is 121 Å². The zero-order valence-corrected chi connectivity index (χ0v) is 35.2. The van der Waals surface area contributed by atoms with E-state index in [4.69, 9.17) is 28.4 Å². The number of ether oxygens (including phenoxy) is 6. The summed E-state index contributed by atoms with van der Waals surface area (Å²) in [4.78, 5) is 45.9. The Labute approximate surface area is 332 Å². The summed E-state index contributed by atoms with van der Waals surface area (Å²) in [6.07, 6.45) is -0.800. The van der Waals surface area contributed by atoms with Crippen molar-refractivity contribution in [2.24, 2.45) is 17.8 Å². The van der Waals surface area contributed by atoms with E-state index >= 15 is 0 Å². The molecule has 3 heterocycles. The van der Waals surface area contributed by atoms with E-state index in [1.54, 1.807) is 31.9 Å². The highest BCUT2D eigenvalue weighted by Gasteiger charge is 2.60. The molecule has 2 fully saturated rings. The van der Waals surface area contributed by atoms with Gasteiger partial charge in [0.1, 0.15) is 23.7 Å². The van der Waals surface area contributed by atoms with Gasteiger partial charge in [-0.2, -0.15) is 0 Å². The van der Waals surface area contributed by atoms with Crippen LogP contribution in [0.15, 0.2) is 54.1 Å². The van der Waals surface area contributed by atoms with Crippen LogP contribution in [0.5, 0.6) is 5.75 Å². The van der Waals surface area contributed by atoms with Gasteiger partial charge in [0.15, 0.2) is 11.9 Å². The number of ketones is 1. The Morgan fingerprint density at radius 1 is 1.02 bits per heavy atom. The number of aliphatic hydroxyl groups is 1. The minimum Gasteiger partial charge on any atom is -0.494 e. The normalized spacial score (nSPS) is 37.1. The van der Waals surface area contributed by atoms with E-state index < -0.39 is 71.7 Å². The molecule has 310 valence electrons. The van der Waals surface area contributed by atoms with E-state index in [2.05, 4.69) is 0 Å². The van der Waals surface area contributed by atoms with Gasteiger partial charge in [-0.1, -0.05) is 64.1 Å². The molecule has 3 aliphatic rings. The van der Waals surface area contributed by atoms with Crippen molar-refractivity contribution in [3.63, 3.8) is 0 Å². The van der Waals surface area contributed by atoms with Crippen molar-refractivity contribution in [1.82, 2.24) is 9.80 Å². The highest BCUT2D eigenvalue weighted by molar-refractivity contribution is 5.88. The number of Topliss-reactive ketones (excluding diaryl/α,β-unsaturated/α-hetero) is 1. The summed E-state index contributed by atoms with van der Waals surface area (Å²) in [6.45, 7) is 15.4. The fourth-order valence-electron chi connectivity index (χ4n) is 9.29. The third-order valence-corrected chi connectivity index (χ3v) is 12.3. The van der Waals surface area contributed by atoms with Crippen molar-refractivity contribution in [2.75, 3.05) is 34.4 Å². The Hall–Kier alpha value is -3.55. The quantitative estimate of drug-likeness (QED) is 0.208. The second-order valence-electron chi connectivity index (χ2n) is 16.9. The number of methoxy groups -OCH3 is 1. The van der Waals surface area contributed by atoms with Crippen LogP contribution < -0.4 is 4.74 Å². The monoisotopic (exact) mass is 780 g/mol. The van der Waals surface area contributed by atoms with Crippen LogP contribution in [0.3, 0.4) is 0 Å². The molecule has 2 aromatic carbocycles. The topological polar surface area (TPSA) is 133 Å². The first-order valence-electron chi connectivity index (χ1n) is 20.2. The second kappa shape index (κ2) is 17.9. The molecular formula is C44H64N2O10. The number of esters is 1. The maximum absolute atomic E-state index is 14.7. The van der Waals surface area contributed by atoms with Gasteiger partial charge in [-0.15, -0.1) is 0 Å². The van der Waals surface area contributed by atoms with Crippen LogP contribution in [0.2, 0.25) is 0 Å². The van der Waals surface area contributed by atoms with Gasteiger partial charge in [0.05, 0.1) is 30.5 Å². The Kier molecular flexibility index (Phi) is 14.0. The molecule has 12 atom stereocenters. The van der Waals surface area contributed by atoms with Gasteiger partial charge >= 0.3 is 12.1 Å². The van der Waals surface area contributed by atoms with Gasteiger partial charge in [0, 0.05) is 43.0 Å². The highest BCUT2D eigenvalue weighted by atomic mass is 16.7. The molecule has 0 aliphatic carbocycles. The van der Waals surface area contributed by atoms with E-state index in [0.29, 0.717) is 31.4 Å². The Morgan fingerprint density at radius 2 is 1.71 bits per heavy atom. The van der Waals surface area contributed by atoms with Crippen LogP contribution in [0.25, 0.3) is 10.8 Å². The van der Waals surface area contributed by atoms with E-state index in [0.717, 1.165) is 16.5 Å². The molecule has 3 aliphatic heterocycles. The third kappa shape index (κ3) is 9.10. The van der Waals surface area contributed by atoms with Gasteiger partial charge in [0.2, 0.25) is 0 Å². The van der Waals surface area contributed by atoms with Gasteiger partial charge in [-0.05, 0) is 90.4 Å². The van der Waals surface area contributed by atoms with Crippen molar-refractivity contribution >= 4 is 28.6 Å². The Morgan fingerprint density at radius 3 is 2.38 bits per heavy atom. The lowest BCUT2D eigenvalue weighted by Crippen LogP contribution is -2.59. The van der Waals surface area contributed by atoms with E-state index in [1.807, 2.05) is 103 Å². The highest BCUT2D eigenvalue weighted by Crippen LogP contribution is 2.43. The number of aliphatic hydroxyl groups excluding tert-OH is 1. The fourth-order valence-corrected chi connectivity index (χ4v) is 9.29. The van der Waals surface area contributed by atoms with Gasteiger partial charge in [-0.3, -0.25) is 4.79 Å². The minimum atomic E-state index is -1.32. The second-order valence-corrected chi connectivity index (χ2v) is 16.9. The SMILES string of the molecule is CC[C@H]1OC(=O)/C(C)=C/[C@H](C)[C@@H](O[C@@H]2O[C@H](C)C[C@H](N(C)C)[C@H]2O)[C@@](C)(OC)C[C@@H](C)C(=O)[C@H](C)[C@H]2N(CCCOc3ccc4ccccc4c3)C(=O)O[C@]12C. The van der Waals surface area contributed by atoms with Crippen LogP contribution in [0, 0.1) is 17.8 Å². The number of fused-ring (bicyclic) bond motifs is 2. The first kappa shape index (κ1) is 43.6. The summed E-state index contributed by atoms with van der Waals surface area (Å²) >= 11 is 0. The fraction of sp³-hybridized carbons (Fsp3) is 0.659. The molecule has 5 rings (SSSR count). The molecule has 0 spiro atoms. The van der Waals surface area contributed by atoms with Crippen molar-refractivity contribution in [2.45, 2.75) is 135 Å². The summed E-state index contributed by atoms with van der Waals surface area (Å²) in [5.74, 6) is -1.64. The number of nitrogens with zero attached hydrogens (tertiary/aromatic N) is 2. The molecule has 2 aromatic rings. The molecule has 2 saturated heterocycles. The molecule has 1 amide bonds. The van der Waals surface area contributed by atoms with Gasteiger partial charge in [0.25, 0.3) is 0 Å². The number of likely N-dealkylation sites (N-methyl/N-ethyl adjacent to an activating group) is 1. The number of hydrogen-bond donors (Lipinski definition) is 1. The standard InChI is InChI=1S/C44H64N2O10/c1-12-35-44(8)38(46(42(50)56-44)20-15-21-52-33-19-18-31-16-13-14-17-32(31)24-33)30(6)36(47)28(4)25-43(7,51-11)39(26(2)22-27(3)40(49)54-35)55-41-37(48)34(45(9)10)23-29(5)53-41/h13-14,16-19,22,24,26,28-30,34-35,37-39,41,48H,12,15,20-21,23,25H2,1-11H3/b27-22+/t26-,28+,29+,30-,34-,35+,37+,38+,39+,41-,43-,44+/m0/s1. The van der Waals surface area contributed by atoms with Gasteiger partial charge < -0.3 is 43.3 Å². The van der Waals surface area contributed by atoms with Crippen LogP contribution in [-0.2, 0) is 33.3 Å². The molecule has 1 N–H and O–H groups in total. The lowest BCUT2D eigenvalue weighted by Gasteiger charge is -2.47. The average molecular weight is 781 g/mol. The number of cyclic esters (lactones) is 1. The summed E-state index contributed by atoms with van der Waals surface area (Å²) in [5.41, 5.74) is -2.06. The van der Waals surface area contributed by atoms with E-state index in [1.165, 1.54) is 0 Å². The van der Waals surface area contributed by atoms with Crippen LogP contribution in [0.4, 0.5) is 4.79 Å². The zero-order valence-electron chi connectivity index (χ0n) is 35.2. The first-order valence-corrected chi connectivity index (χ1v) is 20.2. The minimum absolute atomic E-state index is 0.0909. The van der Waals surface area contributed by atoms with Crippen LogP contribution in [0.1, 0.15) is 81.1 Å². The number of carbonyl (C=O) groups excluding carboxylic acids is 3. The molecule has 0 bridgehead atoms. The van der Waals surface area contributed by atoms with Crippen molar-refractivity contribution in [1.29, 1.82) is 0 Å². The van der Waals surface area contributed by atoms with Crippen molar-refractivity contribution < 1.29 is 47.9 Å². The number of amides is 1. The number of benzene rings is 2. The predicted octanol–water partition coefficient (Wildman–Crippen LogP) is 6.55. The number of hydrogen-bond acceptors (Lipinski definition) is 11. The van der Waals surface area contributed by atoms with E-state index in [9.17, 15) is 19.5 Å². The third-order valence-electron chi connectivity index (χ3n) is 12.3. The summed E-state index contributed by atoms with van der Waals surface area (Å²) in [7, 11) is 5.41. The first-order chi connectivity index (χ1) is 26.4. The number of rotatable bonds is 10. The summed E-state index contributed by atoms with van der Waals surface area (Å²) in [5, 5.41) is 13.6. The Balaban J connectivity index is 1.44. The Bertz CT molecular complexity index is 1730. The largest absolute Gasteiger partial charge is 0.494 e. The predicted molar refractivity (Wildman–Crippen MR) is 213 cm³/mol. The zero-order chi connectivity index (χ0) is 41.1. The lowest BCUT2D eigenvalue weighted by molar-refractivity contribution is -0.294. The smallest absolute Gasteiger partial charge is 0.410 e. The van der Waals surface area contributed by atoms with Gasteiger partial charge in [-0.25, -0.2) is 9.59 Å². The van der Waals surface area contributed by atoms with Crippen LogP contribution >= 0.6 is 0 Å². The molecule has 0 unspecified atom stereocenters. The average Bonchev–Trinajstić information content (AvgIpc) is 3.42. The van der Waals surface area contributed by atoms with Crippen molar-refractivity contribution in [3.05, 3.63) is 54.1 Å². The molecule has 0 saturated carbocycles. The summed E-state index contributed by atoms with van der Waals surface area (Å²) < 4.78 is 37.6. The molecule has 56 heavy (non-hydrogen) atoms. The molecular weight excluding hydrogens is 716 g/mol. The maximum Gasteiger partial charge on any atom is 0.410 e. The molecule has 0 aromatic heterocycles. The molecule has 12 nitrogen and oxygen atoms in total. The molecule has 12 heteroatoms. The van der Waals surface area contributed by atoms with E-state index in [-0.39, 0.29) is 30.9 Å². The number of carbonyl (C=O) groups is 3. The maximum atomic E-state index is 14.7. The lowest BCUT2D eigenvalue weighted by atomic mass is 9.74. The summed E-state index contributed by atoms with van der Waals surface area (Å²) in [6, 6.07) is 13.0. The molecule has 0 radical (unpaired) electrons.